The van der Waals surface area contributed by atoms with Crippen molar-refractivity contribution in [3.63, 3.8) is 0 Å². The van der Waals surface area contributed by atoms with E-state index in [0.29, 0.717) is 19.6 Å². The minimum absolute atomic E-state index is 0.128. The molecule has 13 atom stereocenters. The van der Waals surface area contributed by atoms with Crippen LogP contribution < -0.4 is 33.6 Å². The quantitative estimate of drug-likeness (QED) is 0.0924. The number of ether oxygens (including phenoxy) is 3. The summed E-state index contributed by atoms with van der Waals surface area (Å²) in [4.78, 5) is 0. The van der Waals surface area contributed by atoms with E-state index in [1.807, 2.05) is 0 Å². The van der Waals surface area contributed by atoms with E-state index in [-0.39, 0.29) is 31.8 Å². The molecule has 0 aromatic heterocycles. The summed E-state index contributed by atoms with van der Waals surface area (Å²) in [6.07, 6.45) is -5.76. The van der Waals surface area contributed by atoms with Crippen LogP contribution >= 0.6 is 0 Å². The van der Waals surface area contributed by atoms with E-state index >= 15 is 0 Å². The van der Waals surface area contributed by atoms with Gasteiger partial charge >= 0.3 is 0 Å². The molecule has 2 heterocycles. The average molecular weight is 567 g/mol. The van der Waals surface area contributed by atoms with E-state index in [1.54, 1.807) is 0 Å². The predicted molar refractivity (Wildman–Crippen MR) is 140 cm³/mol. The van der Waals surface area contributed by atoms with E-state index < -0.39 is 79.6 Å². The summed E-state index contributed by atoms with van der Waals surface area (Å²) in [6.45, 7) is 0.185. The van der Waals surface area contributed by atoms with Crippen LogP contribution in [0.1, 0.15) is 25.7 Å². The first kappa shape index (κ1) is 32.9. The van der Waals surface area contributed by atoms with Crippen LogP contribution in [0.5, 0.6) is 0 Å². The van der Waals surface area contributed by atoms with E-state index in [2.05, 4.69) is 10.6 Å². The van der Waals surface area contributed by atoms with Gasteiger partial charge in [-0.3, -0.25) is 0 Å². The molecule has 2 aliphatic heterocycles. The van der Waals surface area contributed by atoms with Gasteiger partial charge in [-0.25, -0.2) is 0 Å². The number of aliphatic hydroxyl groups is 6. The van der Waals surface area contributed by atoms with Crippen LogP contribution in [0.25, 0.3) is 0 Å². The minimum atomic E-state index is -1.46. The molecule has 39 heavy (non-hydrogen) atoms. The number of nitrogens with two attached hydrogens (primary N) is 4. The molecule has 0 spiro atoms. The fourth-order valence-electron chi connectivity index (χ4n) is 5.97. The van der Waals surface area contributed by atoms with Gasteiger partial charge in [-0.15, -0.1) is 0 Å². The van der Waals surface area contributed by atoms with Crippen LogP contribution in [0.2, 0.25) is 0 Å². The van der Waals surface area contributed by atoms with E-state index in [0.717, 1.165) is 19.3 Å². The van der Waals surface area contributed by atoms with Gasteiger partial charge in [0.1, 0.15) is 24.4 Å². The lowest BCUT2D eigenvalue weighted by atomic mass is 9.72. The Morgan fingerprint density at radius 2 is 1.64 bits per heavy atom. The molecule has 0 aromatic carbocycles. The molecule has 1 aliphatic carbocycles. The Balaban J connectivity index is 1.89. The van der Waals surface area contributed by atoms with Crippen molar-refractivity contribution < 1.29 is 44.8 Å². The standard InChI is InChI=1S/C24H50N6O9/c25-4-1-5-29-14-3-2-12(7-26)37-22(14)17-13(27)6-15(30-11(8-31)9-32)23(20(17)35)39-24-21(36)18(28)19(34)16(10-33)38-24/h11-24,29-36H,1-10,25-28H2. The fraction of sp³-hybridized carbons (Fsp3) is 1.00. The zero-order valence-electron chi connectivity index (χ0n) is 22.4. The Morgan fingerprint density at radius 3 is 2.26 bits per heavy atom. The molecule has 13 unspecified atom stereocenters. The number of hydrogen-bond donors (Lipinski definition) is 12. The van der Waals surface area contributed by atoms with Crippen LogP contribution in [-0.2, 0) is 14.2 Å². The number of rotatable bonds is 13. The third-order valence-electron chi connectivity index (χ3n) is 8.24. The van der Waals surface area contributed by atoms with Gasteiger partial charge < -0.3 is 78.4 Å². The first-order chi connectivity index (χ1) is 18.7. The Bertz CT molecular complexity index is 709. The molecule has 16 N–H and O–H groups in total. The molecule has 230 valence electrons. The summed E-state index contributed by atoms with van der Waals surface area (Å²) in [6, 6.07) is -3.25. The average Bonchev–Trinajstić information content (AvgIpc) is 2.94. The Labute approximate surface area is 229 Å². The summed E-state index contributed by atoms with van der Waals surface area (Å²) in [7, 11) is 0. The molecule has 15 nitrogen and oxygen atoms in total. The van der Waals surface area contributed by atoms with Crippen LogP contribution in [-0.4, -0.2) is 149 Å². The van der Waals surface area contributed by atoms with Crippen LogP contribution in [0.3, 0.4) is 0 Å². The third-order valence-corrected chi connectivity index (χ3v) is 8.24. The molecular formula is C24H50N6O9. The summed E-state index contributed by atoms with van der Waals surface area (Å²) >= 11 is 0. The van der Waals surface area contributed by atoms with Crippen molar-refractivity contribution in [2.45, 2.75) is 105 Å². The maximum absolute atomic E-state index is 11.8. The zero-order chi connectivity index (χ0) is 28.7. The van der Waals surface area contributed by atoms with Crippen molar-refractivity contribution in [2.24, 2.45) is 28.9 Å². The van der Waals surface area contributed by atoms with Gasteiger partial charge in [0.25, 0.3) is 0 Å². The molecule has 3 fully saturated rings. The van der Waals surface area contributed by atoms with Crippen molar-refractivity contribution in [2.75, 3.05) is 39.5 Å². The van der Waals surface area contributed by atoms with Gasteiger partial charge in [0.15, 0.2) is 6.29 Å². The van der Waals surface area contributed by atoms with E-state index in [1.165, 1.54) is 0 Å². The summed E-state index contributed by atoms with van der Waals surface area (Å²) in [5.74, 6) is -0.617. The topological polar surface area (TPSA) is 277 Å². The highest BCUT2D eigenvalue weighted by Gasteiger charge is 2.53. The van der Waals surface area contributed by atoms with Crippen molar-refractivity contribution >= 4 is 0 Å². The SMILES string of the molecule is NCCCNC1CCC(CN)OC1C1C(N)CC(NC(CO)CO)C(OC2OC(CO)C(O)C(N)C2O)C1O. The highest BCUT2D eigenvalue weighted by atomic mass is 16.7. The van der Waals surface area contributed by atoms with Gasteiger partial charge in [0.2, 0.25) is 0 Å². The van der Waals surface area contributed by atoms with Gasteiger partial charge in [-0.1, -0.05) is 0 Å². The molecule has 3 aliphatic rings. The summed E-state index contributed by atoms with van der Waals surface area (Å²) in [5, 5.41) is 68.3. The number of hydrogen-bond acceptors (Lipinski definition) is 15. The summed E-state index contributed by atoms with van der Waals surface area (Å²) in [5.41, 5.74) is 24.2. The van der Waals surface area contributed by atoms with Crippen LogP contribution in [0.4, 0.5) is 0 Å². The minimum Gasteiger partial charge on any atom is -0.395 e. The monoisotopic (exact) mass is 566 g/mol. The van der Waals surface area contributed by atoms with Crippen LogP contribution in [0.15, 0.2) is 0 Å². The second-order valence-electron chi connectivity index (χ2n) is 10.9. The molecule has 0 radical (unpaired) electrons. The lowest BCUT2D eigenvalue weighted by Crippen LogP contribution is -2.70. The van der Waals surface area contributed by atoms with Crippen molar-refractivity contribution in [3.05, 3.63) is 0 Å². The van der Waals surface area contributed by atoms with E-state index in [4.69, 9.17) is 37.1 Å². The summed E-state index contributed by atoms with van der Waals surface area (Å²) < 4.78 is 18.1. The number of nitrogens with one attached hydrogen (secondary N) is 2. The maximum atomic E-state index is 11.8. The molecule has 0 bridgehead atoms. The van der Waals surface area contributed by atoms with Gasteiger partial charge in [0, 0.05) is 30.6 Å². The molecule has 3 rings (SSSR count). The lowest BCUT2D eigenvalue weighted by Gasteiger charge is -2.52. The Morgan fingerprint density at radius 1 is 0.923 bits per heavy atom. The molecule has 15 heteroatoms. The molecule has 2 saturated heterocycles. The van der Waals surface area contributed by atoms with Gasteiger partial charge in [-0.2, -0.15) is 0 Å². The largest absolute Gasteiger partial charge is 0.395 e. The first-order valence-corrected chi connectivity index (χ1v) is 13.9. The molecule has 0 aromatic rings. The Kier molecular flexibility index (Phi) is 13.1. The van der Waals surface area contributed by atoms with Gasteiger partial charge in [-0.05, 0) is 38.8 Å². The molecule has 1 saturated carbocycles. The highest BCUT2D eigenvalue weighted by molar-refractivity contribution is 5.06. The smallest absolute Gasteiger partial charge is 0.186 e. The number of aliphatic hydroxyl groups excluding tert-OH is 6. The second-order valence-corrected chi connectivity index (χ2v) is 10.9. The van der Waals surface area contributed by atoms with Crippen LogP contribution in [0, 0.1) is 5.92 Å². The normalized spacial score (nSPS) is 43.6. The van der Waals surface area contributed by atoms with Gasteiger partial charge in [0.05, 0.1) is 50.2 Å². The van der Waals surface area contributed by atoms with Crippen molar-refractivity contribution in [3.8, 4) is 0 Å². The van der Waals surface area contributed by atoms with Crippen molar-refractivity contribution in [1.29, 1.82) is 0 Å². The van der Waals surface area contributed by atoms with E-state index in [9.17, 15) is 30.6 Å². The Hall–Kier alpha value is -0.600. The first-order valence-electron chi connectivity index (χ1n) is 13.9. The second kappa shape index (κ2) is 15.6. The molecule has 0 amide bonds. The predicted octanol–water partition coefficient (Wildman–Crippen LogP) is -6.03. The van der Waals surface area contributed by atoms with Crippen molar-refractivity contribution in [1.82, 2.24) is 10.6 Å². The fourth-order valence-corrected chi connectivity index (χ4v) is 5.97. The molecular weight excluding hydrogens is 516 g/mol. The third kappa shape index (κ3) is 7.82. The highest BCUT2D eigenvalue weighted by Crippen LogP contribution is 2.37. The zero-order valence-corrected chi connectivity index (χ0v) is 22.4. The maximum Gasteiger partial charge on any atom is 0.186 e. The lowest BCUT2D eigenvalue weighted by molar-refractivity contribution is -0.307.